The summed E-state index contributed by atoms with van der Waals surface area (Å²) in [6.07, 6.45) is -0.0619. The van der Waals surface area contributed by atoms with Crippen molar-refractivity contribution in [3.05, 3.63) is 47.8 Å². The van der Waals surface area contributed by atoms with Crippen LogP contribution in [-0.2, 0) is 10.3 Å². The van der Waals surface area contributed by atoms with Gasteiger partial charge in [-0.1, -0.05) is 26.0 Å². The fourth-order valence-corrected chi connectivity index (χ4v) is 2.92. The van der Waals surface area contributed by atoms with Gasteiger partial charge in [0, 0.05) is 12.4 Å². The molecule has 1 aromatic carbocycles. The summed E-state index contributed by atoms with van der Waals surface area (Å²) in [6.45, 7) is 4.00. The maximum Gasteiger partial charge on any atom is 0.472 e. The van der Waals surface area contributed by atoms with Gasteiger partial charge in [-0.25, -0.2) is 9.97 Å². The highest BCUT2D eigenvalue weighted by molar-refractivity contribution is 5.95. The Morgan fingerprint density at radius 2 is 1.74 bits per heavy atom. The lowest BCUT2D eigenvalue weighted by molar-refractivity contribution is -0.174. The lowest BCUT2D eigenvalue weighted by atomic mass is 9.72. The fourth-order valence-electron chi connectivity index (χ4n) is 2.92. The summed E-state index contributed by atoms with van der Waals surface area (Å²) >= 11 is 0. The smallest absolute Gasteiger partial charge is 0.472 e. The van der Waals surface area contributed by atoms with Crippen LogP contribution in [0.25, 0.3) is 0 Å². The van der Waals surface area contributed by atoms with Crippen LogP contribution in [-0.4, -0.2) is 35.1 Å². The molecule has 0 atom stereocenters. The van der Waals surface area contributed by atoms with Crippen molar-refractivity contribution in [2.45, 2.75) is 44.8 Å². The second kappa shape index (κ2) is 10.1. The summed E-state index contributed by atoms with van der Waals surface area (Å²) in [5.74, 6) is -2.26. The van der Waals surface area contributed by atoms with E-state index >= 15 is 0 Å². The average Bonchev–Trinajstić information content (AvgIpc) is 2.75. The van der Waals surface area contributed by atoms with Crippen LogP contribution in [0.4, 0.5) is 19.1 Å². The lowest BCUT2D eigenvalue weighted by Gasteiger charge is -2.43. The van der Waals surface area contributed by atoms with E-state index in [1.54, 1.807) is 12.5 Å². The normalized spacial score (nSPS) is 14.3. The third-order valence-electron chi connectivity index (χ3n) is 4.64. The number of ether oxygens (including phenoxy) is 1. The largest absolute Gasteiger partial charge is 0.497 e. The minimum absolute atomic E-state index is 0.109. The summed E-state index contributed by atoms with van der Waals surface area (Å²) in [5.41, 5.74) is 3.48. The predicted molar refractivity (Wildman–Crippen MR) is 107 cm³/mol. The Bertz CT molecular complexity index is 900. The quantitative estimate of drug-likeness (QED) is 0.618. The van der Waals surface area contributed by atoms with Crippen molar-refractivity contribution in [3.63, 3.8) is 0 Å². The maximum absolute atomic E-state index is 12.1. The molecule has 0 radical (unpaired) electrons. The standard InChI is InChI=1S/C18H18F3N5O3.C2H6/c1-29-13-5-2-4-12(8-13)17(6-3-7-17)24-16-22-9-11(10-23-16)14(27)25-26-15(28)18(19,20)21;1-2/h2,4-5,8-10H,3,6-7H2,1H3,(H,25,27)(H,26,28)(H,22,23,24);1-2H3. The maximum atomic E-state index is 12.1. The first-order valence-electron chi connectivity index (χ1n) is 9.66. The number of hydrogen-bond acceptors (Lipinski definition) is 6. The number of hydrogen-bond donors (Lipinski definition) is 3. The molecule has 3 rings (SSSR count). The first-order valence-corrected chi connectivity index (χ1v) is 9.66. The molecule has 1 aliphatic rings. The molecule has 3 N–H and O–H groups in total. The van der Waals surface area contributed by atoms with Crippen molar-refractivity contribution in [1.29, 1.82) is 0 Å². The predicted octanol–water partition coefficient (Wildman–Crippen LogP) is 3.33. The molecule has 1 fully saturated rings. The number of amides is 2. The number of methoxy groups -OCH3 is 1. The van der Waals surface area contributed by atoms with Crippen LogP contribution < -0.4 is 20.9 Å². The molecule has 1 aliphatic carbocycles. The number of nitrogens with one attached hydrogen (secondary N) is 3. The molecule has 2 amide bonds. The number of hydrazine groups is 1. The van der Waals surface area contributed by atoms with Gasteiger partial charge >= 0.3 is 12.1 Å². The Morgan fingerprint density at radius 1 is 1.10 bits per heavy atom. The fraction of sp³-hybridized carbons (Fsp3) is 0.400. The first-order chi connectivity index (χ1) is 14.7. The highest BCUT2D eigenvalue weighted by Crippen LogP contribution is 2.44. The van der Waals surface area contributed by atoms with E-state index in [0.717, 1.165) is 43.0 Å². The van der Waals surface area contributed by atoms with Crippen molar-refractivity contribution < 1.29 is 27.5 Å². The zero-order valence-electron chi connectivity index (χ0n) is 17.3. The molecule has 168 valence electrons. The molecule has 1 aromatic heterocycles. The van der Waals surface area contributed by atoms with E-state index in [4.69, 9.17) is 4.74 Å². The van der Waals surface area contributed by atoms with Crippen LogP contribution in [0, 0.1) is 0 Å². The van der Waals surface area contributed by atoms with E-state index in [0.29, 0.717) is 0 Å². The van der Waals surface area contributed by atoms with Gasteiger partial charge in [-0.3, -0.25) is 20.4 Å². The van der Waals surface area contributed by atoms with E-state index in [-0.39, 0.29) is 17.1 Å². The van der Waals surface area contributed by atoms with Crippen LogP contribution in [0.2, 0.25) is 0 Å². The van der Waals surface area contributed by atoms with Crippen molar-refractivity contribution in [3.8, 4) is 5.75 Å². The number of rotatable bonds is 5. The Kier molecular flexibility index (Phi) is 7.78. The highest BCUT2D eigenvalue weighted by Gasteiger charge is 2.40. The first kappa shape index (κ1) is 23.9. The summed E-state index contributed by atoms with van der Waals surface area (Å²) < 4.78 is 41.7. The van der Waals surface area contributed by atoms with E-state index in [1.165, 1.54) is 5.43 Å². The van der Waals surface area contributed by atoms with Crippen LogP contribution in [0.3, 0.4) is 0 Å². The Morgan fingerprint density at radius 3 is 2.26 bits per heavy atom. The molecule has 1 saturated carbocycles. The minimum atomic E-state index is -5.10. The van der Waals surface area contributed by atoms with Gasteiger partial charge in [-0.15, -0.1) is 0 Å². The van der Waals surface area contributed by atoms with E-state index in [9.17, 15) is 22.8 Å². The van der Waals surface area contributed by atoms with Crippen molar-refractivity contribution in [2.24, 2.45) is 0 Å². The molecule has 2 aromatic rings. The Balaban J connectivity index is 0.00000166. The van der Waals surface area contributed by atoms with Gasteiger partial charge in [0.25, 0.3) is 5.91 Å². The number of carbonyl (C=O) groups is 2. The molecule has 0 spiro atoms. The molecular formula is C20H24F3N5O3. The molecule has 8 nitrogen and oxygen atoms in total. The third-order valence-corrected chi connectivity index (χ3v) is 4.64. The van der Waals surface area contributed by atoms with Crippen molar-refractivity contribution in [1.82, 2.24) is 20.8 Å². The van der Waals surface area contributed by atoms with E-state index in [2.05, 4.69) is 15.3 Å². The molecule has 0 unspecified atom stereocenters. The molecule has 1 heterocycles. The van der Waals surface area contributed by atoms with Gasteiger partial charge < -0.3 is 10.1 Å². The van der Waals surface area contributed by atoms with Crippen molar-refractivity contribution in [2.75, 3.05) is 12.4 Å². The molecule has 0 bridgehead atoms. The average molecular weight is 439 g/mol. The van der Waals surface area contributed by atoms with E-state index in [1.807, 2.05) is 38.1 Å². The van der Waals surface area contributed by atoms with Gasteiger partial charge in [0.15, 0.2) is 0 Å². The number of anilines is 1. The molecule has 31 heavy (non-hydrogen) atoms. The summed E-state index contributed by atoms with van der Waals surface area (Å²) in [6, 6.07) is 7.63. The molecule has 11 heteroatoms. The summed E-state index contributed by atoms with van der Waals surface area (Å²) in [7, 11) is 1.59. The molecular weight excluding hydrogens is 415 g/mol. The Hall–Kier alpha value is -3.37. The lowest BCUT2D eigenvalue weighted by Crippen LogP contribution is -2.47. The Labute approximate surface area is 177 Å². The van der Waals surface area contributed by atoms with Gasteiger partial charge in [0.2, 0.25) is 5.95 Å². The van der Waals surface area contributed by atoms with Crippen molar-refractivity contribution >= 4 is 17.8 Å². The molecule has 0 saturated heterocycles. The molecule has 0 aliphatic heterocycles. The second-order valence-corrected chi connectivity index (χ2v) is 6.49. The van der Waals surface area contributed by atoms with Gasteiger partial charge in [0.1, 0.15) is 5.75 Å². The number of halogens is 3. The van der Waals surface area contributed by atoms with Crippen LogP contribution in [0.15, 0.2) is 36.7 Å². The minimum Gasteiger partial charge on any atom is -0.497 e. The monoisotopic (exact) mass is 439 g/mol. The third kappa shape index (κ3) is 5.83. The number of nitrogens with zero attached hydrogens (tertiary/aromatic N) is 2. The SMILES string of the molecule is CC.COc1cccc(C2(Nc3ncc(C(=O)NNC(=O)C(F)(F)F)cn3)CCC2)c1. The van der Waals surface area contributed by atoms with Gasteiger partial charge in [-0.2, -0.15) is 13.2 Å². The summed E-state index contributed by atoms with van der Waals surface area (Å²) in [5, 5.41) is 3.27. The number of aromatic nitrogens is 2. The number of benzene rings is 1. The van der Waals surface area contributed by atoms with Crippen LogP contribution in [0.5, 0.6) is 5.75 Å². The van der Waals surface area contributed by atoms with Crippen LogP contribution in [0.1, 0.15) is 49.0 Å². The zero-order chi connectivity index (χ0) is 23.1. The van der Waals surface area contributed by atoms with E-state index < -0.39 is 18.0 Å². The summed E-state index contributed by atoms with van der Waals surface area (Å²) in [4.78, 5) is 30.7. The van der Waals surface area contributed by atoms with Crippen LogP contribution >= 0.6 is 0 Å². The number of carbonyl (C=O) groups excluding carboxylic acids is 2. The van der Waals surface area contributed by atoms with Gasteiger partial charge in [-0.05, 0) is 37.0 Å². The topological polar surface area (TPSA) is 105 Å². The zero-order valence-corrected chi connectivity index (χ0v) is 17.3. The van der Waals surface area contributed by atoms with Gasteiger partial charge in [0.05, 0.1) is 18.2 Å². The second-order valence-electron chi connectivity index (χ2n) is 6.49. The number of alkyl halides is 3. The highest BCUT2D eigenvalue weighted by atomic mass is 19.4.